The second-order valence-electron chi connectivity index (χ2n) is 26.5. The summed E-state index contributed by atoms with van der Waals surface area (Å²) in [6.45, 7) is 0. The molecule has 12 aromatic carbocycles. The molecule has 6 aliphatic rings. The van der Waals surface area contributed by atoms with Crippen molar-refractivity contribution in [1.82, 2.24) is 0 Å². The van der Waals surface area contributed by atoms with E-state index in [2.05, 4.69) is 259 Å². The topological polar surface area (TPSA) is 41.6 Å². The third-order valence-electron chi connectivity index (χ3n) is 21.8. The highest BCUT2D eigenvalue weighted by Gasteiger charge is 2.59. The van der Waals surface area contributed by atoms with E-state index in [1.54, 1.807) is 11.1 Å². The maximum Gasteiger partial charge on any atom is 0.137 e. The van der Waals surface area contributed by atoms with Crippen molar-refractivity contribution < 1.29 is 8.83 Å². The number of halogens is 1. The van der Waals surface area contributed by atoms with Crippen LogP contribution in [0, 0.1) is 23.7 Å². The Kier molecular flexibility index (Phi) is 12.9. The Hall–Kier alpha value is -9.87. The van der Waals surface area contributed by atoms with Crippen LogP contribution in [0.3, 0.4) is 0 Å². The van der Waals surface area contributed by atoms with Crippen LogP contribution in [0.1, 0.15) is 73.6 Å². The van der Waals surface area contributed by atoms with E-state index in [-0.39, 0.29) is 10.8 Å². The Morgan fingerprint density at radius 1 is 0.352 bits per heavy atom. The van der Waals surface area contributed by atoms with Gasteiger partial charge in [0.2, 0.25) is 0 Å². The number of hydrogen-bond acceptors (Lipinski definition) is 4. The quantitative estimate of drug-likeness (QED) is 0.173. The Bertz CT molecular complexity index is 5110. The summed E-state index contributed by atoms with van der Waals surface area (Å²) in [6.07, 6.45) is 10.8. The Labute approximate surface area is 536 Å². The molecule has 5 heteroatoms. The number of hydrogen-bond donors (Lipinski definition) is 1. The molecule has 14 aromatic rings. The zero-order valence-corrected chi connectivity index (χ0v) is 51.4. The number of nitrogens with one attached hydrogen (secondary N) is 1. The molecule has 20 rings (SSSR count). The maximum atomic E-state index is 6.67. The van der Waals surface area contributed by atoms with Crippen LogP contribution >= 0.6 is 11.6 Å². The van der Waals surface area contributed by atoms with Gasteiger partial charge in [0.05, 0.1) is 5.69 Å². The average Bonchev–Trinajstić information content (AvgIpc) is 1.55. The molecule has 4 saturated carbocycles. The van der Waals surface area contributed by atoms with Gasteiger partial charge in [-0.1, -0.05) is 219 Å². The molecule has 0 saturated heterocycles. The van der Waals surface area contributed by atoms with Gasteiger partial charge in [-0.3, -0.25) is 0 Å². The van der Waals surface area contributed by atoms with Gasteiger partial charge in [0.15, 0.2) is 0 Å². The van der Waals surface area contributed by atoms with Crippen molar-refractivity contribution in [3.8, 4) is 44.5 Å². The summed E-state index contributed by atoms with van der Waals surface area (Å²) in [6, 6.07) is 99.9. The number of para-hydroxylation sites is 2. The molecular formula is C86H67ClN2O2. The molecule has 1 N–H and O–H groups in total. The van der Waals surface area contributed by atoms with Gasteiger partial charge in [0.25, 0.3) is 0 Å². The van der Waals surface area contributed by atoms with Crippen molar-refractivity contribution in [2.45, 2.75) is 62.2 Å². The molecule has 2 spiro atoms. The molecule has 6 aliphatic carbocycles. The van der Waals surface area contributed by atoms with E-state index in [9.17, 15) is 0 Å². The number of benzene rings is 12. The molecule has 4 bridgehead atoms. The lowest BCUT2D eigenvalue weighted by Crippen LogP contribution is -2.33. The van der Waals surface area contributed by atoms with Gasteiger partial charge in [0.1, 0.15) is 22.3 Å². The van der Waals surface area contributed by atoms with Crippen molar-refractivity contribution in [1.29, 1.82) is 0 Å². The Morgan fingerprint density at radius 2 is 0.802 bits per heavy atom. The van der Waals surface area contributed by atoms with Crippen molar-refractivity contribution in [3.63, 3.8) is 0 Å². The minimum absolute atomic E-state index is 0.0666. The van der Waals surface area contributed by atoms with Crippen molar-refractivity contribution >= 4 is 83.9 Å². The third-order valence-corrected chi connectivity index (χ3v) is 22.1. The van der Waals surface area contributed by atoms with Crippen LogP contribution in [0.2, 0.25) is 5.02 Å². The number of fused-ring (bicyclic) bond motifs is 22. The monoisotopic (exact) mass is 1190 g/mol. The van der Waals surface area contributed by atoms with Crippen LogP contribution in [0.4, 0.5) is 28.4 Å². The van der Waals surface area contributed by atoms with Gasteiger partial charge in [-0.25, -0.2) is 0 Å². The molecule has 2 aromatic heterocycles. The average molecular weight is 1200 g/mol. The number of nitrogens with zero attached hydrogens (tertiary/aromatic N) is 1. The summed E-state index contributed by atoms with van der Waals surface area (Å²) in [7, 11) is 0. The van der Waals surface area contributed by atoms with Crippen LogP contribution in [-0.4, -0.2) is 0 Å². The van der Waals surface area contributed by atoms with Crippen molar-refractivity contribution in [3.05, 3.63) is 306 Å². The predicted octanol–water partition coefficient (Wildman–Crippen LogP) is 24.2. The molecular weight excluding hydrogens is 1130 g/mol. The van der Waals surface area contributed by atoms with Gasteiger partial charge < -0.3 is 19.1 Å². The first-order valence-electron chi connectivity index (χ1n) is 32.8. The van der Waals surface area contributed by atoms with E-state index in [0.29, 0.717) is 5.92 Å². The van der Waals surface area contributed by atoms with Gasteiger partial charge in [-0.2, -0.15) is 0 Å². The standard InChI is InChI=1S/C43H33NO.C24H17NO.C19H17Cl/c1-2-9-29(10-3-1)30-18-21-32(22-19-30)44(33-23-24-36-35-12-5-7-16-40(35)45-41(36)26-33)39-15-8-13-37-34-11-4-6-14-38(34)43(42(37)39)27-28-17-20-31(43)25-28;1-2-6-17(7-3-1)18-10-12-19(13-11-18)25-20-14-15-22-21-8-4-5-9-23(21)26-24(22)16-20;20-17-7-3-5-15-14-4-1-2-6-16(14)19(18(15)17)11-12-8-9-13(19)10-12/h1-16,18-19,21-24,26,28,31H,17,20,25,27H2;1-16,25H;1-7,12-13H,8-11H2. The van der Waals surface area contributed by atoms with E-state index in [0.717, 1.165) is 89.4 Å². The lowest BCUT2D eigenvalue weighted by atomic mass is 9.66. The van der Waals surface area contributed by atoms with Gasteiger partial charge >= 0.3 is 0 Å². The molecule has 6 unspecified atom stereocenters. The SMILES string of the molecule is Clc1cccc2c1C1(CC3CCC1C3)c1ccccc1-2.c1ccc(-c2ccc(N(c3ccc4c(c3)oc3ccccc34)c3cccc4c3C3(CC5CCC3C5)c3ccccc3-4)cc2)cc1.c1ccc(-c2ccc(Nc3ccc4c(c3)oc3ccccc34)cc2)cc1. The lowest BCUT2D eigenvalue weighted by molar-refractivity contribution is 0.327. The molecule has 91 heavy (non-hydrogen) atoms. The zero-order chi connectivity index (χ0) is 60.2. The normalized spacial score (nSPS) is 20.8. The number of furan rings is 2. The fourth-order valence-electron chi connectivity index (χ4n) is 18.1. The molecule has 6 atom stereocenters. The first kappa shape index (κ1) is 54.1. The highest BCUT2D eigenvalue weighted by Crippen LogP contribution is 2.69. The number of rotatable bonds is 7. The van der Waals surface area contributed by atoms with Crippen LogP contribution in [-0.2, 0) is 10.8 Å². The molecule has 4 fully saturated rings. The highest BCUT2D eigenvalue weighted by atomic mass is 35.5. The summed E-state index contributed by atoms with van der Waals surface area (Å²) in [4.78, 5) is 2.50. The van der Waals surface area contributed by atoms with Gasteiger partial charge in [-0.05, 0) is 202 Å². The van der Waals surface area contributed by atoms with E-state index < -0.39 is 0 Å². The molecule has 0 amide bonds. The van der Waals surface area contributed by atoms with Crippen LogP contribution in [0.25, 0.3) is 88.4 Å². The summed E-state index contributed by atoms with van der Waals surface area (Å²) in [5.74, 6) is 3.21. The van der Waals surface area contributed by atoms with Gasteiger partial charge in [-0.15, -0.1) is 0 Å². The van der Waals surface area contributed by atoms with E-state index in [1.165, 1.54) is 113 Å². The van der Waals surface area contributed by atoms with E-state index in [1.807, 2.05) is 30.3 Å². The summed E-state index contributed by atoms with van der Waals surface area (Å²) >= 11 is 6.67. The third kappa shape index (κ3) is 8.77. The predicted molar refractivity (Wildman–Crippen MR) is 377 cm³/mol. The first-order chi connectivity index (χ1) is 44.9. The smallest absolute Gasteiger partial charge is 0.137 e. The minimum Gasteiger partial charge on any atom is -0.456 e. The largest absolute Gasteiger partial charge is 0.456 e. The number of anilines is 5. The Balaban J connectivity index is 0.000000112. The van der Waals surface area contributed by atoms with Gasteiger partial charge in [0, 0.05) is 72.3 Å². The molecule has 2 heterocycles. The molecule has 0 aliphatic heterocycles. The molecule has 440 valence electrons. The van der Waals surface area contributed by atoms with Crippen LogP contribution in [0.5, 0.6) is 0 Å². The minimum atomic E-state index is 0.0666. The summed E-state index contributed by atoms with van der Waals surface area (Å²) in [5, 5.41) is 9.05. The lowest BCUT2D eigenvalue weighted by Gasteiger charge is -2.39. The second-order valence-corrected chi connectivity index (χ2v) is 26.9. The molecule has 0 radical (unpaired) electrons. The fraction of sp³-hybridized carbons (Fsp3) is 0.163. The van der Waals surface area contributed by atoms with Crippen LogP contribution in [0.15, 0.2) is 288 Å². The first-order valence-corrected chi connectivity index (χ1v) is 33.2. The maximum absolute atomic E-state index is 6.67. The molecule has 4 nitrogen and oxygen atoms in total. The Morgan fingerprint density at radius 3 is 1.38 bits per heavy atom. The van der Waals surface area contributed by atoms with Crippen molar-refractivity contribution in [2.24, 2.45) is 23.7 Å². The highest BCUT2D eigenvalue weighted by molar-refractivity contribution is 6.32. The van der Waals surface area contributed by atoms with E-state index >= 15 is 0 Å². The zero-order valence-electron chi connectivity index (χ0n) is 50.7. The van der Waals surface area contributed by atoms with E-state index in [4.69, 9.17) is 20.4 Å². The van der Waals surface area contributed by atoms with Crippen LogP contribution < -0.4 is 10.2 Å². The fourth-order valence-corrected chi connectivity index (χ4v) is 18.4. The van der Waals surface area contributed by atoms with Crippen molar-refractivity contribution in [2.75, 3.05) is 10.2 Å². The summed E-state index contributed by atoms with van der Waals surface area (Å²) < 4.78 is 12.4. The summed E-state index contributed by atoms with van der Waals surface area (Å²) in [5.41, 5.74) is 26.2. The second kappa shape index (κ2) is 21.7.